The number of rotatable bonds is 0. The molecule has 24 heavy (non-hydrogen) atoms. The van der Waals surface area contributed by atoms with Crippen LogP contribution in [0.5, 0.6) is 0 Å². The van der Waals surface area contributed by atoms with Crippen molar-refractivity contribution in [2.75, 3.05) is 5.32 Å². The van der Waals surface area contributed by atoms with Gasteiger partial charge in [-0.3, -0.25) is 0 Å². The second kappa shape index (κ2) is 4.73. The molecule has 1 aliphatic heterocycles. The van der Waals surface area contributed by atoms with Crippen molar-refractivity contribution in [3.05, 3.63) is 57.5 Å². The predicted octanol–water partition coefficient (Wildman–Crippen LogP) is 5.17. The first-order valence-corrected chi connectivity index (χ1v) is 8.26. The van der Waals surface area contributed by atoms with E-state index in [1.54, 1.807) is 0 Å². The summed E-state index contributed by atoms with van der Waals surface area (Å²) in [6.45, 7) is 10.4. The maximum Gasteiger partial charge on any atom is 0.344 e. The Bertz CT molecular complexity index is 1100. The molecule has 0 aliphatic carbocycles. The maximum absolute atomic E-state index is 12.7. The van der Waals surface area contributed by atoms with Gasteiger partial charge in [0.05, 0.1) is 10.9 Å². The second-order valence-electron chi connectivity index (χ2n) is 7.41. The number of hydrogen-bond donors (Lipinski definition) is 1. The molecule has 3 heteroatoms. The lowest BCUT2D eigenvalue weighted by Gasteiger charge is -2.32. The lowest BCUT2D eigenvalue weighted by atomic mass is 9.88. The van der Waals surface area contributed by atoms with Gasteiger partial charge in [-0.1, -0.05) is 12.1 Å². The van der Waals surface area contributed by atoms with E-state index in [0.29, 0.717) is 11.0 Å². The summed E-state index contributed by atoms with van der Waals surface area (Å²) in [4.78, 5) is 12.7. The molecule has 1 aliphatic rings. The Kier molecular flexibility index (Phi) is 2.96. The van der Waals surface area contributed by atoms with E-state index in [2.05, 4.69) is 51.2 Å². The molecule has 0 fully saturated rings. The molecule has 3 nitrogen and oxygen atoms in total. The van der Waals surface area contributed by atoms with Gasteiger partial charge in [0, 0.05) is 22.0 Å². The summed E-state index contributed by atoms with van der Waals surface area (Å²) in [6, 6.07) is 8.17. The number of hydrogen-bond acceptors (Lipinski definition) is 3. The summed E-state index contributed by atoms with van der Waals surface area (Å²) in [5, 5.41) is 6.11. The minimum absolute atomic E-state index is 0.129. The van der Waals surface area contributed by atoms with Crippen LogP contribution in [0.25, 0.3) is 27.3 Å². The van der Waals surface area contributed by atoms with Crippen LogP contribution >= 0.6 is 0 Å². The summed E-state index contributed by atoms with van der Waals surface area (Å²) in [5.74, 6) is 0. The Morgan fingerprint density at radius 3 is 2.46 bits per heavy atom. The van der Waals surface area contributed by atoms with Gasteiger partial charge in [-0.2, -0.15) is 0 Å². The number of anilines is 1. The highest BCUT2D eigenvalue weighted by Crippen LogP contribution is 2.39. The molecule has 0 saturated carbocycles. The molecule has 0 saturated heterocycles. The average Bonchev–Trinajstić information content (AvgIpc) is 2.47. The van der Waals surface area contributed by atoms with Crippen molar-refractivity contribution in [1.82, 2.24) is 0 Å². The summed E-state index contributed by atoms with van der Waals surface area (Å²) < 4.78 is 5.67. The smallest absolute Gasteiger partial charge is 0.344 e. The highest BCUT2D eigenvalue weighted by Gasteiger charge is 2.25. The Balaban J connectivity index is 2.19. The van der Waals surface area contributed by atoms with E-state index in [-0.39, 0.29) is 11.2 Å². The third-order valence-corrected chi connectivity index (χ3v) is 4.93. The lowest BCUT2D eigenvalue weighted by molar-refractivity contribution is 0.569. The van der Waals surface area contributed by atoms with Gasteiger partial charge in [-0.15, -0.1) is 0 Å². The van der Waals surface area contributed by atoms with Crippen LogP contribution in [0, 0.1) is 13.8 Å². The van der Waals surface area contributed by atoms with Gasteiger partial charge in [0.1, 0.15) is 5.58 Å². The second-order valence-corrected chi connectivity index (χ2v) is 7.41. The molecule has 1 N–H and O–H groups in total. The minimum Gasteiger partial charge on any atom is -0.422 e. The molecule has 2 heterocycles. The molecule has 0 unspecified atom stereocenters. The zero-order valence-electron chi connectivity index (χ0n) is 14.7. The van der Waals surface area contributed by atoms with Crippen LogP contribution in [-0.4, -0.2) is 5.54 Å². The molecular weight excluding hydrogens is 298 g/mol. The van der Waals surface area contributed by atoms with Gasteiger partial charge in [0.15, 0.2) is 0 Å². The average molecular weight is 319 g/mol. The molecule has 0 bridgehead atoms. The van der Waals surface area contributed by atoms with Gasteiger partial charge in [-0.05, 0) is 69.5 Å². The fourth-order valence-electron chi connectivity index (χ4n) is 3.79. The fraction of sp³-hybridized carbons (Fsp3) is 0.286. The summed E-state index contributed by atoms with van der Waals surface area (Å²) in [6.07, 6.45) is 2.17. The molecule has 0 radical (unpaired) electrons. The van der Waals surface area contributed by atoms with E-state index in [4.69, 9.17) is 4.42 Å². The van der Waals surface area contributed by atoms with E-state index in [0.717, 1.165) is 33.2 Å². The monoisotopic (exact) mass is 319 g/mol. The molecule has 0 amide bonds. The molecule has 0 atom stereocenters. The molecule has 0 spiro atoms. The Labute approximate surface area is 141 Å². The number of benzene rings is 2. The van der Waals surface area contributed by atoms with Crippen LogP contribution in [0.15, 0.2) is 39.6 Å². The first kappa shape index (κ1) is 15.0. The van der Waals surface area contributed by atoms with Gasteiger partial charge in [0.25, 0.3) is 0 Å². The van der Waals surface area contributed by atoms with Crippen LogP contribution in [-0.2, 0) is 0 Å². The molecule has 2 aromatic carbocycles. The van der Waals surface area contributed by atoms with Crippen LogP contribution in [0.3, 0.4) is 0 Å². The molecule has 1 aromatic heterocycles. The summed E-state index contributed by atoms with van der Waals surface area (Å²) >= 11 is 0. The van der Waals surface area contributed by atoms with E-state index in [9.17, 15) is 4.79 Å². The Morgan fingerprint density at radius 2 is 1.71 bits per heavy atom. The highest BCUT2D eigenvalue weighted by molar-refractivity contribution is 6.10. The van der Waals surface area contributed by atoms with E-state index in [1.807, 2.05) is 19.1 Å². The van der Waals surface area contributed by atoms with E-state index >= 15 is 0 Å². The van der Waals surface area contributed by atoms with E-state index < -0.39 is 0 Å². The molecule has 3 aromatic rings. The SMILES string of the molecule is CC1=CC(C)(C)Nc2ccc3c(c21)c(=O)oc1cc(C)c(C)cc13. The van der Waals surface area contributed by atoms with E-state index in [1.165, 1.54) is 5.56 Å². The fourth-order valence-corrected chi connectivity index (χ4v) is 3.79. The van der Waals surface area contributed by atoms with Gasteiger partial charge in [-0.25, -0.2) is 4.79 Å². The molecule has 122 valence electrons. The van der Waals surface area contributed by atoms with Crippen LogP contribution in [0.1, 0.15) is 37.5 Å². The largest absolute Gasteiger partial charge is 0.422 e. The first-order valence-electron chi connectivity index (χ1n) is 8.26. The van der Waals surface area contributed by atoms with Crippen LogP contribution in [0.2, 0.25) is 0 Å². The molecule has 4 rings (SSSR count). The van der Waals surface area contributed by atoms with Crippen LogP contribution in [0.4, 0.5) is 5.69 Å². The minimum atomic E-state index is -0.271. The zero-order chi connectivity index (χ0) is 17.2. The maximum atomic E-state index is 12.7. The standard InChI is InChI=1S/C21H21NO2/c1-11-8-15-14-6-7-16-18(13(3)10-21(4,5)22-16)19(14)20(23)24-17(15)9-12(11)2/h6-10,22H,1-5H3. The first-order chi connectivity index (χ1) is 11.3. The topological polar surface area (TPSA) is 42.2 Å². The summed E-state index contributed by atoms with van der Waals surface area (Å²) in [7, 11) is 0. The van der Waals surface area contributed by atoms with Crippen LogP contribution < -0.4 is 10.9 Å². The highest BCUT2D eigenvalue weighted by atomic mass is 16.4. The van der Waals surface area contributed by atoms with Gasteiger partial charge < -0.3 is 9.73 Å². The predicted molar refractivity (Wildman–Crippen MR) is 101 cm³/mol. The normalized spacial score (nSPS) is 16.0. The quantitative estimate of drug-likeness (QED) is 0.459. The van der Waals surface area contributed by atoms with Crippen molar-refractivity contribution < 1.29 is 4.42 Å². The third-order valence-electron chi connectivity index (χ3n) is 4.93. The number of aryl methyl sites for hydroxylation is 2. The molecular formula is C21H21NO2. The number of nitrogens with one attached hydrogen (secondary N) is 1. The van der Waals surface area contributed by atoms with Crippen molar-refractivity contribution in [2.45, 2.75) is 40.2 Å². The number of allylic oxidation sites excluding steroid dienone is 1. The summed E-state index contributed by atoms with van der Waals surface area (Å²) in [5.41, 5.74) is 5.63. The Morgan fingerprint density at radius 1 is 1.00 bits per heavy atom. The van der Waals surface area contributed by atoms with Gasteiger partial charge >= 0.3 is 5.63 Å². The van der Waals surface area contributed by atoms with Crippen molar-refractivity contribution in [1.29, 1.82) is 0 Å². The number of fused-ring (bicyclic) bond motifs is 5. The Hall–Kier alpha value is -2.55. The van der Waals surface area contributed by atoms with Crippen molar-refractivity contribution in [3.63, 3.8) is 0 Å². The van der Waals surface area contributed by atoms with Crippen molar-refractivity contribution in [2.24, 2.45) is 0 Å². The lowest BCUT2D eigenvalue weighted by Crippen LogP contribution is -2.31. The van der Waals surface area contributed by atoms with Gasteiger partial charge in [0.2, 0.25) is 0 Å². The zero-order valence-corrected chi connectivity index (χ0v) is 14.7. The van der Waals surface area contributed by atoms with Crippen molar-refractivity contribution >= 4 is 33.0 Å². The van der Waals surface area contributed by atoms with Crippen molar-refractivity contribution in [3.8, 4) is 0 Å². The third kappa shape index (κ3) is 2.08.